The molecule has 4 nitrogen and oxygen atoms in total. The maximum absolute atomic E-state index is 13.4. The molecule has 0 saturated carbocycles. The Morgan fingerprint density at radius 3 is 2.79 bits per heavy atom. The Morgan fingerprint density at radius 2 is 2.21 bits per heavy atom. The van der Waals surface area contributed by atoms with Crippen molar-refractivity contribution in [1.29, 1.82) is 5.26 Å². The van der Waals surface area contributed by atoms with E-state index in [0.717, 1.165) is 6.07 Å². The second-order valence-electron chi connectivity index (χ2n) is 3.71. The van der Waals surface area contributed by atoms with Crippen molar-refractivity contribution in [2.24, 2.45) is 0 Å². The van der Waals surface area contributed by atoms with E-state index < -0.39 is 17.8 Å². The lowest BCUT2D eigenvalue weighted by atomic mass is 10.1. The molecule has 0 aliphatic heterocycles. The van der Waals surface area contributed by atoms with E-state index in [-0.39, 0.29) is 11.3 Å². The number of anilines is 1. The van der Waals surface area contributed by atoms with Crippen molar-refractivity contribution in [2.75, 3.05) is 5.32 Å². The zero-order chi connectivity index (χ0) is 13.8. The molecular formula is C13H9FN2O2S. The summed E-state index contributed by atoms with van der Waals surface area (Å²) in [5, 5.41) is 22.6. The molecular weight excluding hydrogens is 267 g/mol. The monoisotopic (exact) mass is 276 g/mol. The van der Waals surface area contributed by atoms with E-state index in [4.69, 9.17) is 5.26 Å². The van der Waals surface area contributed by atoms with E-state index in [2.05, 4.69) is 5.32 Å². The molecule has 6 heteroatoms. The fourth-order valence-electron chi connectivity index (χ4n) is 1.62. The van der Waals surface area contributed by atoms with Gasteiger partial charge in [0.25, 0.3) is 0 Å². The minimum Gasteiger partial charge on any atom is -0.479 e. The summed E-state index contributed by atoms with van der Waals surface area (Å²) in [6.07, 6.45) is 0. The summed E-state index contributed by atoms with van der Waals surface area (Å²) in [6.45, 7) is 0. The minimum absolute atomic E-state index is 0.170. The fraction of sp³-hybridized carbons (Fsp3) is 0.0769. The van der Waals surface area contributed by atoms with Crippen molar-refractivity contribution in [3.63, 3.8) is 0 Å². The number of hydrogen-bond acceptors (Lipinski definition) is 4. The molecule has 2 N–H and O–H groups in total. The first kappa shape index (κ1) is 13.1. The van der Waals surface area contributed by atoms with Gasteiger partial charge in [0.05, 0.1) is 5.69 Å². The lowest BCUT2D eigenvalue weighted by molar-refractivity contribution is -0.138. The zero-order valence-corrected chi connectivity index (χ0v) is 10.4. The summed E-state index contributed by atoms with van der Waals surface area (Å²) < 4.78 is 13.4. The lowest BCUT2D eigenvalue weighted by Gasteiger charge is -2.15. The van der Waals surface area contributed by atoms with Crippen molar-refractivity contribution < 1.29 is 14.3 Å². The second-order valence-corrected chi connectivity index (χ2v) is 4.68. The van der Waals surface area contributed by atoms with Gasteiger partial charge in [0.15, 0.2) is 6.04 Å². The van der Waals surface area contributed by atoms with Gasteiger partial charge in [-0.25, -0.2) is 9.18 Å². The topological polar surface area (TPSA) is 73.1 Å². The number of halogens is 1. The number of rotatable bonds is 4. The van der Waals surface area contributed by atoms with Crippen LogP contribution in [0, 0.1) is 17.1 Å². The van der Waals surface area contributed by atoms with Crippen molar-refractivity contribution in [3.05, 3.63) is 52.0 Å². The van der Waals surface area contributed by atoms with Crippen LogP contribution in [0.3, 0.4) is 0 Å². The van der Waals surface area contributed by atoms with Gasteiger partial charge >= 0.3 is 5.97 Å². The van der Waals surface area contributed by atoms with Crippen LogP contribution in [0.2, 0.25) is 0 Å². The number of nitrogens with one attached hydrogen (secondary N) is 1. The normalized spacial score (nSPS) is 11.6. The predicted molar refractivity (Wildman–Crippen MR) is 69.4 cm³/mol. The maximum atomic E-state index is 13.4. The Hall–Kier alpha value is -2.39. The lowest BCUT2D eigenvalue weighted by Crippen LogP contribution is -2.20. The van der Waals surface area contributed by atoms with Crippen LogP contribution in [0.1, 0.15) is 16.5 Å². The third-order valence-corrected chi connectivity index (χ3v) is 3.44. The van der Waals surface area contributed by atoms with Crippen molar-refractivity contribution in [3.8, 4) is 6.07 Å². The highest BCUT2D eigenvalue weighted by Crippen LogP contribution is 2.26. The Kier molecular flexibility index (Phi) is 3.78. The molecule has 1 atom stereocenters. The number of benzene rings is 1. The van der Waals surface area contributed by atoms with E-state index in [1.807, 2.05) is 0 Å². The molecule has 1 aromatic carbocycles. The van der Waals surface area contributed by atoms with Crippen LogP contribution in [0.25, 0.3) is 0 Å². The van der Waals surface area contributed by atoms with Gasteiger partial charge in [-0.2, -0.15) is 5.26 Å². The number of hydrogen-bond donors (Lipinski definition) is 2. The molecule has 2 rings (SSSR count). The molecule has 1 heterocycles. The Morgan fingerprint density at radius 1 is 1.42 bits per heavy atom. The van der Waals surface area contributed by atoms with Gasteiger partial charge in [-0.05, 0) is 23.6 Å². The first-order valence-electron chi connectivity index (χ1n) is 5.35. The summed E-state index contributed by atoms with van der Waals surface area (Å²) in [4.78, 5) is 11.8. The maximum Gasteiger partial charge on any atom is 0.331 e. The van der Waals surface area contributed by atoms with Crippen LogP contribution in [-0.4, -0.2) is 11.1 Å². The predicted octanol–water partition coefficient (Wildman–Crippen LogP) is 3.00. The number of carbonyl (C=O) groups is 1. The van der Waals surface area contributed by atoms with E-state index in [1.165, 1.54) is 23.5 Å². The average molecular weight is 276 g/mol. The fourth-order valence-corrected chi connectivity index (χ4v) is 2.39. The van der Waals surface area contributed by atoms with Crippen LogP contribution < -0.4 is 5.32 Å². The highest BCUT2D eigenvalue weighted by molar-refractivity contribution is 7.10. The zero-order valence-electron chi connectivity index (χ0n) is 9.63. The second kappa shape index (κ2) is 5.50. The van der Waals surface area contributed by atoms with E-state index in [9.17, 15) is 14.3 Å². The number of nitrogens with zero attached hydrogens (tertiary/aromatic N) is 1. The quantitative estimate of drug-likeness (QED) is 0.900. The van der Waals surface area contributed by atoms with E-state index in [0.29, 0.717) is 4.88 Å². The SMILES string of the molecule is N#Cc1c(F)cccc1NC(C(=O)O)c1cccs1. The first-order chi connectivity index (χ1) is 9.13. The Balaban J connectivity index is 2.36. The van der Waals surface area contributed by atoms with E-state index in [1.54, 1.807) is 23.6 Å². The summed E-state index contributed by atoms with van der Waals surface area (Å²) in [7, 11) is 0. The number of aliphatic carboxylic acids is 1. The van der Waals surface area contributed by atoms with Gasteiger partial charge in [0, 0.05) is 4.88 Å². The molecule has 0 fully saturated rings. The molecule has 1 unspecified atom stereocenters. The molecule has 2 aromatic rings. The van der Waals surface area contributed by atoms with Gasteiger partial charge in [-0.3, -0.25) is 0 Å². The number of thiophene rings is 1. The van der Waals surface area contributed by atoms with Crippen LogP contribution in [0.5, 0.6) is 0 Å². The molecule has 96 valence electrons. The molecule has 0 bridgehead atoms. The Bertz CT molecular complexity index is 635. The number of carboxylic acid groups (broad SMARTS) is 1. The largest absolute Gasteiger partial charge is 0.479 e. The van der Waals surface area contributed by atoms with Gasteiger partial charge in [-0.1, -0.05) is 12.1 Å². The third kappa shape index (κ3) is 2.72. The molecule has 0 radical (unpaired) electrons. The van der Waals surface area contributed by atoms with Crippen LogP contribution in [0.15, 0.2) is 35.7 Å². The van der Waals surface area contributed by atoms with E-state index >= 15 is 0 Å². The summed E-state index contributed by atoms with van der Waals surface area (Å²) >= 11 is 1.28. The average Bonchev–Trinajstić information content (AvgIpc) is 2.89. The van der Waals surface area contributed by atoms with Crippen molar-refractivity contribution in [2.45, 2.75) is 6.04 Å². The van der Waals surface area contributed by atoms with Crippen LogP contribution in [-0.2, 0) is 4.79 Å². The van der Waals surface area contributed by atoms with Crippen LogP contribution in [0.4, 0.5) is 10.1 Å². The van der Waals surface area contributed by atoms with Crippen LogP contribution >= 0.6 is 11.3 Å². The van der Waals surface area contributed by atoms with Crippen molar-refractivity contribution in [1.82, 2.24) is 0 Å². The smallest absolute Gasteiger partial charge is 0.331 e. The highest BCUT2D eigenvalue weighted by atomic mass is 32.1. The number of nitriles is 1. The van der Waals surface area contributed by atoms with Gasteiger partial charge in [-0.15, -0.1) is 11.3 Å². The van der Waals surface area contributed by atoms with Crippen molar-refractivity contribution >= 4 is 23.0 Å². The molecule has 0 spiro atoms. The standard InChI is InChI=1S/C13H9FN2O2S/c14-9-3-1-4-10(8(9)7-15)16-12(13(17)18)11-5-2-6-19-11/h1-6,12,16H,(H,17,18). The first-order valence-corrected chi connectivity index (χ1v) is 6.23. The molecule has 0 aliphatic rings. The third-order valence-electron chi connectivity index (χ3n) is 2.50. The molecule has 19 heavy (non-hydrogen) atoms. The van der Waals surface area contributed by atoms with Gasteiger partial charge < -0.3 is 10.4 Å². The van der Waals surface area contributed by atoms with Gasteiger partial charge in [0.1, 0.15) is 17.4 Å². The minimum atomic E-state index is -1.09. The summed E-state index contributed by atoms with van der Waals surface area (Å²) in [5.74, 6) is -1.77. The molecule has 0 saturated heterocycles. The highest BCUT2D eigenvalue weighted by Gasteiger charge is 2.22. The molecule has 0 amide bonds. The summed E-state index contributed by atoms with van der Waals surface area (Å²) in [6, 6.07) is 8.18. The number of carboxylic acids is 1. The summed E-state index contributed by atoms with van der Waals surface area (Å²) in [5.41, 5.74) is -0.0198. The Labute approximate surface area is 112 Å². The molecule has 1 aromatic heterocycles. The molecule has 0 aliphatic carbocycles. The van der Waals surface area contributed by atoms with Gasteiger partial charge in [0.2, 0.25) is 0 Å².